The van der Waals surface area contributed by atoms with Gasteiger partial charge in [0.2, 0.25) is 17.2 Å². The fourth-order valence-corrected chi connectivity index (χ4v) is 5.55. The summed E-state index contributed by atoms with van der Waals surface area (Å²) in [4.78, 5) is 47.9. The molecule has 3 amide bonds. The molecule has 1 aliphatic rings. The summed E-state index contributed by atoms with van der Waals surface area (Å²) in [5.74, 6) is 0.336. The van der Waals surface area contributed by atoms with Crippen molar-refractivity contribution in [2.75, 3.05) is 15.5 Å². The molecule has 1 fully saturated rings. The van der Waals surface area contributed by atoms with Crippen molar-refractivity contribution in [3.63, 3.8) is 0 Å². The van der Waals surface area contributed by atoms with Gasteiger partial charge in [0, 0.05) is 61.0 Å². The maximum atomic E-state index is 13.9. The van der Waals surface area contributed by atoms with Crippen LogP contribution in [0, 0.1) is 6.57 Å². The van der Waals surface area contributed by atoms with E-state index >= 15 is 0 Å². The fraction of sp³-hybridized carbons (Fsp3) is 0.229. The Hall–Kier alpha value is -5.69. The predicted octanol–water partition coefficient (Wildman–Crippen LogP) is 6.26. The van der Waals surface area contributed by atoms with Gasteiger partial charge in [-0.1, -0.05) is 49.0 Å². The first-order chi connectivity index (χ1) is 21.8. The molecule has 1 aliphatic carbocycles. The van der Waals surface area contributed by atoms with Crippen LogP contribution in [0.2, 0.25) is 0 Å². The number of carbonyl (C=O) groups is 2. The number of hydrogen-bond donors (Lipinski definition) is 3. The molecule has 5 rings (SSSR count). The summed E-state index contributed by atoms with van der Waals surface area (Å²) >= 11 is 0. The molecule has 10 nitrogen and oxygen atoms in total. The normalized spacial score (nSPS) is 15.7. The van der Waals surface area contributed by atoms with Crippen LogP contribution < -0.4 is 26.4 Å². The fourth-order valence-electron chi connectivity index (χ4n) is 5.55. The van der Waals surface area contributed by atoms with Crippen LogP contribution in [0.4, 0.5) is 27.7 Å². The lowest BCUT2D eigenvalue weighted by Crippen LogP contribution is -2.48. The maximum absolute atomic E-state index is 13.9. The third-order valence-corrected chi connectivity index (χ3v) is 7.92. The zero-order valence-corrected chi connectivity index (χ0v) is 25.1. The zero-order valence-electron chi connectivity index (χ0n) is 25.1. The molecule has 2 aromatic heterocycles. The summed E-state index contributed by atoms with van der Waals surface area (Å²) in [6.07, 6.45) is 7.58. The Morgan fingerprint density at radius 3 is 2.51 bits per heavy atom. The Labute approximate surface area is 262 Å². The van der Waals surface area contributed by atoms with Gasteiger partial charge in [0.05, 0.1) is 12.3 Å². The predicted molar refractivity (Wildman–Crippen MR) is 177 cm³/mol. The summed E-state index contributed by atoms with van der Waals surface area (Å²) in [5.41, 5.74) is 3.93. The van der Waals surface area contributed by atoms with Gasteiger partial charge in [-0.3, -0.25) is 19.5 Å². The number of hydrogen-bond acceptors (Lipinski definition) is 5. The summed E-state index contributed by atoms with van der Waals surface area (Å²) in [7, 11) is 1.67. The van der Waals surface area contributed by atoms with Crippen LogP contribution in [0.15, 0.2) is 103 Å². The molecule has 45 heavy (non-hydrogen) atoms. The van der Waals surface area contributed by atoms with Crippen molar-refractivity contribution >= 4 is 34.8 Å². The number of rotatable bonds is 9. The molecule has 0 atom stereocenters. The van der Waals surface area contributed by atoms with Gasteiger partial charge in [-0.05, 0) is 61.6 Å². The molecule has 0 saturated heterocycles. The largest absolute Gasteiger partial charge is 0.367 e. The van der Waals surface area contributed by atoms with Crippen molar-refractivity contribution in [3.05, 3.63) is 125 Å². The monoisotopic (exact) mass is 601 g/mol. The molecule has 4 aromatic rings. The highest BCUT2D eigenvalue weighted by molar-refractivity contribution is 6.03. The summed E-state index contributed by atoms with van der Waals surface area (Å²) in [6.45, 7) is 11.1. The first-order valence-corrected chi connectivity index (χ1v) is 14.8. The van der Waals surface area contributed by atoms with Crippen LogP contribution in [0.5, 0.6) is 0 Å². The Morgan fingerprint density at radius 2 is 1.84 bits per heavy atom. The van der Waals surface area contributed by atoms with Crippen LogP contribution in [0.1, 0.15) is 31.2 Å². The lowest BCUT2D eigenvalue weighted by atomic mass is 9.89. The number of nitrogens with one attached hydrogen (secondary N) is 3. The van der Waals surface area contributed by atoms with Crippen molar-refractivity contribution in [2.24, 2.45) is 7.05 Å². The molecule has 10 heteroatoms. The van der Waals surface area contributed by atoms with Gasteiger partial charge in [-0.2, -0.15) is 0 Å². The molecule has 0 unspecified atom stereocenters. The van der Waals surface area contributed by atoms with Crippen LogP contribution in [0.3, 0.4) is 0 Å². The minimum atomic E-state index is -0.386. The lowest BCUT2D eigenvalue weighted by Gasteiger charge is -2.37. The maximum Gasteiger partial charge on any atom is 0.322 e. The number of aryl methyl sites for hydroxylation is 1. The number of amides is 3. The quantitative estimate of drug-likeness (QED) is 0.155. The molecule has 228 valence electrons. The van der Waals surface area contributed by atoms with Gasteiger partial charge in [0.25, 0.3) is 0 Å². The van der Waals surface area contributed by atoms with E-state index < -0.39 is 0 Å². The zero-order chi connectivity index (χ0) is 31.8. The topological polar surface area (TPSA) is 113 Å². The first-order valence-electron chi connectivity index (χ1n) is 14.8. The molecule has 1 saturated carbocycles. The van der Waals surface area contributed by atoms with Crippen molar-refractivity contribution in [3.8, 4) is 11.1 Å². The van der Waals surface area contributed by atoms with Crippen LogP contribution in [-0.4, -0.2) is 33.6 Å². The van der Waals surface area contributed by atoms with E-state index in [1.807, 2.05) is 48.5 Å². The van der Waals surface area contributed by atoms with Gasteiger partial charge >= 0.3 is 6.03 Å². The summed E-state index contributed by atoms with van der Waals surface area (Å²) in [6, 6.07) is 21.9. The third-order valence-electron chi connectivity index (χ3n) is 7.92. The smallest absolute Gasteiger partial charge is 0.322 e. The first kappa shape index (κ1) is 30.8. The van der Waals surface area contributed by atoms with E-state index in [9.17, 15) is 14.4 Å². The molecule has 0 bridgehead atoms. The highest BCUT2D eigenvalue weighted by Gasteiger charge is 2.31. The number of aromatic nitrogens is 2. The molecular weight excluding hydrogens is 566 g/mol. The summed E-state index contributed by atoms with van der Waals surface area (Å²) in [5, 5.41) is 9.44. The molecule has 2 heterocycles. The highest BCUT2D eigenvalue weighted by Crippen LogP contribution is 2.35. The molecule has 3 N–H and O–H groups in total. The van der Waals surface area contributed by atoms with E-state index in [-0.39, 0.29) is 29.6 Å². The number of urea groups is 1. The van der Waals surface area contributed by atoms with Crippen LogP contribution >= 0.6 is 0 Å². The molecule has 2 aromatic carbocycles. The van der Waals surface area contributed by atoms with Gasteiger partial charge in [-0.25, -0.2) is 9.64 Å². The SMILES string of the molecule is [C-]#[N+]c1ccc(NC2CCC(N(C(=O)NCc3ccccc3)c3ccc(-c4ccc(=O)n(C)c4)c(NC(=O)C=C)c3)CC2)nc1. The number of anilines is 3. The molecular formula is C35H35N7O3. The van der Waals surface area contributed by atoms with Gasteiger partial charge < -0.3 is 20.5 Å². The van der Waals surface area contributed by atoms with Gasteiger partial charge in [0.1, 0.15) is 5.82 Å². The van der Waals surface area contributed by atoms with E-state index in [1.165, 1.54) is 16.7 Å². The minimum absolute atomic E-state index is 0.0948. The van der Waals surface area contributed by atoms with E-state index in [1.54, 1.807) is 42.5 Å². The van der Waals surface area contributed by atoms with Gasteiger partial charge in [0.15, 0.2) is 0 Å². The van der Waals surface area contributed by atoms with E-state index in [0.717, 1.165) is 42.6 Å². The third kappa shape index (κ3) is 7.64. The molecule has 0 aliphatic heterocycles. The Kier molecular flexibility index (Phi) is 9.70. The molecule has 0 spiro atoms. The molecule has 0 radical (unpaired) electrons. The Bertz CT molecular complexity index is 1770. The Morgan fingerprint density at radius 1 is 1.07 bits per heavy atom. The highest BCUT2D eigenvalue weighted by atomic mass is 16.2. The van der Waals surface area contributed by atoms with E-state index in [0.29, 0.717) is 29.2 Å². The van der Waals surface area contributed by atoms with E-state index in [2.05, 4.69) is 32.4 Å². The van der Waals surface area contributed by atoms with Crippen molar-refractivity contribution in [2.45, 2.75) is 44.3 Å². The second kappa shape index (κ2) is 14.2. The second-order valence-electron chi connectivity index (χ2n) is 11.0. The Balaban J connectivity index is 1.43. The number of carbonyl (C=O) groups excluding carboxylic acids is 2. The lowest BCUT2D eigenvalue weighted by molar-refractivity contribution is -0.111. The second-order valence-corrected chi connectivity index (χ2v) is 11.0. The standard InChI is InChI=1S/C35H35N7O3/c1-4-33(43)40-31-20-29(16-17-30(31)25-10-19-34(44)41(3)23-25)42(35(45)38-21-24-8-6-5-7-9-24)28-14-11-26(12-15-28)39-32-18-13-27(36-2)22-37-32/h4-10,13,16-20,22-23,26,28H,1,11-12,14-15,21H2,3H3,(H,37,39)(H,38,45)(H,40,43). The minimum Gasteiger partial charge on any atom is -0.367 e. The van der Waals surface area contributed by atoms with Crippen molar-refractivity contribution in [1.29, 1.82) is 0 Å². The average Bonchev–Trinajstić information content (AvgIpc) is 3.07. The van der Waals surface area contributed by atoms with E-state index in [4.69, 9.17) is 6.57 Å². The number of nitrogens with zero attached hydrogens (tertiary/aromatic N) is 4. The van der Waals surface area contributed by atoms with Crippen molar-refractivity contribution < 1.29 is 9.59 Å². The van der Waals surface area contributed by atoms with Crippen molar-refractivity contribution in [1.82, 2.24) is 14.9 Å². The van der Waals surface area contributed by atoms with Crippen LogP contribution in [0.25, 0.3) is 16.0 Å². The summed E-state index contributed by atoms with van der Waals surface area (Å²) < 4.78 is 1.48. The average molecular weight is 602 g/mol. The number of pyridine rings is 2. The van der Waals surface area contributed by atoms with Crippen LogP contribution in [-0.2, 0) is 18.4 Å². The number of benzene rings is 2. The van der Waals surface area contributed by atoms with Gasteiger partial charge in [-0.15, -0.1) is 0 Å².